The highest BCUT2D eigenvalue weighted by Crippen LogP contribution is 2.24. The number of likely N-dealkylation sites (tertiary alicyclic amines) is 1. The summed E-state index contributed by atoms with van der Waals surface area (Å²) >= 11 is 7.44. The molecule has 1 saturated heterocycles. The summed E-state index contributed by atoms with van der Waals surface area (Å²) in [6.07, 6.45) is 1.64. The second-order valence-corrected chi connectivity index (χ2v) is 8.28. The molecule has 1 atom stereocenters. The molecule has 0 unspecified atom stereocenters. The molecular weight excluding hydrogens is 370 g/mol. The molecular formula is C19H22ClN3O2S. The number of para-hydroxylation sites is 1. The van der Waals surface area contributed by atoms with Gasteiger partial charge in [0, 0.05) is 30.7 Å². The molecule has 1 fully saturated rings. The molecule has 2 heterocycles. The van der Waals surface area contributed by atoms with E-state index in [2.05, 4.69) is 5.32 Å². The second kappa shape index (κ2) is 8.56. The topological polar surface area (TPSA) is 52.7 Å². The van der Waals surface area contributed by atoms with E-state index >= 15 is 0 Å². The molecule has 0 aliphatic carbocycles. The predicted octanol–water partition coefficient (Wildman–Crippen LogP) is 4.30. The van der Waals surface area contributed by atoms with Gasteiger partial charge in [-0.3, -0.25) is 4.79 Å². The first-order chi connectivity index (χ1) is 12.5. The van der Waals surface area contributed by atoms with Gasteiger partial charge in [-0.2, -0.15) is 0 Å². The Bertz CT molecular complexity index is 765. The van der Waals surface area contributed by atoms with Gasteiger partial charge in [0.1, 0.15) is 0 Å². The van der Waals surface area contributed by atoms with Crippen LogP contribution in [0.1, 0.15) is 17.7 Å². The smallest absolute Gasteiger partial charge is 0.321 e. The zero-order chi connectivity index (χ0) is 18.5. The van der Waals surface area contributed by atoms with Gasteiger partial charge in [-0.1, -0.05) is 29.8 Å². The van der Waals surface area contributed by atoms with Crippen LogP contribution in [0.25, 0.3) is 0 Å². The van der Waals surface area contributed by atoms with Crippen molar-refractivity contribution in [2.24, 2.45) is 5.92 Å². The van der Waals surface area contributed by atoms with Crippen LogP contribution in [0, 0.1) is 5.92 Å². The van der Waals surface area contributed by atoms with E-state index in [4.69, 9.17) is 11.6 Å². The van der Waals surface area contributed by atoms with E-state index in [1.165, 1.54) is 11.3 Å². The van der Waals surface area contributed by atoms with Crippen molar-refractivity contribution in [2.45, 2.75) is 19.4 Å². The van der Waals surface area contributed by atoms with Gasteiger partial charge in [0.15, 0.2) is 0 Å². The Morgan fingerprint density at radius 2 is 2.04 bits per heavy atom. The number of thiophene rings is 1. The summed E-state index contributed by atoms with van der Waals surface area (Å²) in [5.74, 6) is -0.0857. The maximum absolute atomic E-state index is 12.8. The largest absolute Gasteiger partial charge is 0.340 e. The van der Waals surface area contributed by atoms with E-state index in [0.29, 0.717) is 19.6 Å². The Morgan fingerprint density at radius 3 is 2.73 bits per heavy atom. The molecule has 0 saturated carbocycles. The maximum Gasteiger partial charge on any atom is 0.321 e. The average molecular weight is 392 g/mol. The molecule has 1 N–H and O–H groups in total. The summed E-state index contributed by atoms with van der Waals surface area (Å²) in [6, 6.07) is 13.0. The summed E-state index contributed by atoms with van der Waals surface area (Å²) in [5, 5.41) is 2.89. The van der Waals surface area contributed by atoms with E-state index in [1.807, 2.05) is 42.5 Å². The first-order valence-corrected chi connectivity index (χ1v) is 9.82. The number of hydrogen-bond donors (Lipinski definition) is 1. The standard InChI is InChI=1S/C19H22ClN3O2S/c1-22(13-16-9-10-17(20)26-16)18(24)14-6-5-11-23(12-14)19(25)21-15-7-3-2-4-8-15/h2-4,7-10,14H,5-6,11-13H2,1H3,(H,21,25)/t14-/m0/s1. The van der Waals surface area contributed by atoms with Crippen LogP contribution >= 0.6 is 22.9 Å². The first kappa shape index (κ1) is 18.7. The normalized spacial score (nSPS) is 17.0. The molecule has 0 radical (unpaired) electrons. The molecule has 1 aromatic heterocycles. The Balaban J connectivity index is 1.56. The van der Waals surface area contributed by atoms with Crippen LogP contribution in [-0.4, -0.2) is 41.9 Å². The number of benzene rings is 1. The van der Waals surface area contributed by atoms with Crippen LogP contribution in [-0.2, 0) is 11.3 Å². The number of anilines is 1. The SMILES string of the molecule is CN(Cc1ccc(Cl)s1)C(=O)[C@H]1CCCN(C(=O)Nc2ccccc2)C1. The van der Waals surface area contributed by atoms with Crippen molar-refractivity contribution < 1.29 is 9.59 Å². The Kier molecular flexibility index (Phi) is 6.16. The number of piperidine rings is 1. The molecule has 1 aliphatic rings. The van der Waals surface area contributed by atoms with Crippen molar-refractivity contribution in [1.29, 1.82) is 0 Å². The fourth-order valence-electron chi connectivity index (χ4n) is 3.15. The lowest BCUT2D eigenvalue weighted by Crippen LogP contribution is -2.47. The highest BCUT2D eigenvalue weighted by molar-refractivity contribution is 7.16. The molecule has 3 rings (SSSR count). The zero-order valence-electron chi connectivity index (χ0n) is 14.7. The number of nitrogens with zero attached hydrogens (tertiary/aromatic N) is 2. The minimum Gasteiger partial charge on any atom is -0.340 e. The summed E-state index contributed by atoms with van der Waals surface area (Å²) in [4.78, 5) is 29.8. The molecule has 26 heavy (non-hydrogen) atoms. The molecule has 0 bridgehead atoms. The number of urea groups is 1. The van der Waals surface area contributed by atoms with Crippen LogP contribution in [0.5, 0.6) is 0 Å². The fourth-order valence-corrected chi connectivity index (χ4v) is 4.29. The third-order valence-corrected chi connectivity index (χ3v) is 5.70. The molecule has 3 amide bonds. The summed E-state index contributed by atoms with van der Waals surface area (Å²) in [6.45, 7) is 1.67. The van der Waals surface area contributed by atoms with Crippen molar-refractivity contribution in [3.05, 3.63) is 51.7 Å². The molecule has 1 aromatic carbocycles. The Morgan fingerprint density at radius 1 is 1.27 bits per heavy atom. The van der Waals surface area contributed by atoms with Crippen LogP contribution in [0.3, 0.4) is 0 Å². The van der Waals surface area contributed by atoms with Gasteiger partial charge in [-0.25, -0.2) is 4.79 Å². The molecule has 0 spiro atoms. The average Bonchev–Trinajstić information content (AvgIpc) is 3.06. The van der Waals surface area contributed by atoms with Crippen LogP contribution < -0.4 is 5.32 Å². The first-order valence-electron chi connectivity index (χ1n) is 8.63. The second-order valence-electron chi connectivity index (χ2n) is 6.48. The Hall–Kier alpha value is -2.05. The number of carbonyl (C=O) groups excluding carboxylic acids is 2. The molecule has 5 nitrogen and oxygen atoms in total. The van der Waals surface area contributed by atoms with E-state index in [9.17, 15) is 9.59 Å². The summed E-state index contributed by atoms with van der Waals surface area (Å²) in [5.41, 5.74) is 0.762. The highest BCUT2D eigenvalue weighted by atomic mass is 35.5. The quantitative estimate of drug-likeness (QED) is 0.844. The highest BCUT2D eigenvalue weighted by Gasteiger charge is 2.30. The lowest BCUT2D eigenvalue weighted by Gasteiger charge is -2.34. The minimum atomic E-state index is -0.161. The molecule has 138 valence electrons. The number of rotatable bonds is 4. The van der Waals surface area contributed by atoms with E-state index < -0.39 is 0 Å². The fraction of sp³-hybridized carbons (Fsp3) is 0.368. The van der Waals surface area contributed by atoms with Crippen LogP contribution in [0.15, 0.2) is 42.5 Å². The predicted molar refractivity (Wildman–Crippen MR) is 106 cm³/mol. The number of carbonyl (C=O) groups is 2. The summed E-state index contributed by atoms with van der Waals surface area (Å²) in [7, 11) is 1.80. The van der Waals surface area contributed by atoms with Crippen LogP contribution in [0.4, 0.5) is 10.5 Å². The van der Waals surface area contributed by atoms with Gasteiger partial charge in [-0.15, -0.1) is 11.3 Å². The number of halogens is 1. The number of amides is 3. The summed E-state index contributed by atoms with van der Waals surface area (Å²) < 4.78 is 0.724. The molecule has 7 heteroatoms. The van der Waals surface area contributed by atoms with Gasteiger partial charge in [0.2, 0.25) is 5.91 Å². The van der Waals surface area contributed by atoms with E-state index in [-0.39, 0.29) is 17.9 Å². The van der Waals surface area contributed by atoms with Crippen LogP contribution in [0.2, 0.25) is 4.34 Å². The van der Waals surface area contributed by atoms with Gasteiger partial charge in [-0.05, 0) is 37.1 Å². The molecule has 1 aliphatic heterocycles. The van der Waals surface area contributed by atoms with E-state index in [1.54, 1.807) is 16.8 Å². The van der Waals surface area contributed by atoms with Gasteiger partial charge in [0.05, 0.1) is 16.8 Å². The van der Waals surface area contributed by atoms with Crippen molar-refractivity contribution in [3.8, 4) is 0 Å². The third kappa shape index (κ3) is 4.77. The van der Waals surface area contributed by atoms with Crippen molar-refractivity contribution in [3.63, 3.8) is 0 Å². The monoisotopic (exact) mass is 391 g/mol. The van der Waals surface area contributed by atoms with Crippen molar-refractivity contribution >= 4 is 40.6 Å². The van der Waals surface area contributed by atoms with Crippen molar-refractivity contribution in [1.82, 2.24) is 9.80 Å². The van der Waals surface area contributed by atoms with Gasteiger partial charge >= 0.3 is 6.03 Å². The van der Waals surface area contributed by atoms with Gasteiger partial charge in [0.25, 0.3) is 0 Å². The van der Waals surface area contributed by atoms with E-state index in [0.717, 1.165) is 27.7 Å². The van der Waals surface area contributed by atoms with Crippen molar-refractivity contribution in [2.75, 3.05) is 25.5 Å². The molecule has 2 aromatic rings. The maximum atomic E-state index is 12.8. The van der Waals surface area contributed by atoms with Gasteiger partial charge < -0.3 is 15.1 Å². The zero-order valence-corrected chi connectivity index (χ0v) is 16.2. The Labute approximate surface area is 162 Å². The lowest BCUT2D eigenvalue weighted by atomic mass is 9.97. The third-order valence-electron chi connectivity index (χ3n) is 4.48. The number of nitrogens with one attached hydrogen (secondary N) is 1. The lowest BCUT2D eigenvalue weighted by molar-refractivity contribution is -0.136. The minimum absolute atomic E-state index is 0.0757. The number of hydrogen-bond acceptors (Lipinski definition) is 3.